The van der Waals surface area contributed by atoms with Crippen LogP contribution in [0.1, 0.15) is 46.0 Å². The van der Waals surface area contributed by atoms with Gasteiger partial charge in [-0.3, -0.25) is 38.4 Å². The molecule has 0 aromatic carbocycles. The molecule has 5 unspecified atom stereocenters. The van der Waals surface area contributed by atoms with Gasteiger partial charge in [-0.05, 0) is 37.2 Å². The fraction of sp³-hybridized carbons (Fsp3) is 0.654. The molecule has 0 heterocycles. The second kappa shape index (κ2) is 22.4. The Kier molecular flexibility index (Phi) is 20.5. The molecule has 46 heavy (non-hydrogen) atoms. The summed E-state index contributed by atoms with van der Waals surface area (Å²) in [7, 11) is 0. The van der Waals surface area contributed by atoms with Crippen LogP contribution in [0.3, 0.4) is 0 Å². The molecule has 5 atom stereocenters. The summed E-state index contributed by atoms with van der Waals surface area (Å²) in [4.78, 5) is 108. The third-order valence-electron chi connectivity index (χ3n) is 6.07. The zero-order valence-electron chi connectivity index (χ0n) is 25.6. The molecule has 260 valence electrons. The molecule has 20 heteroatoms. The maximum absolute atomic E-state index is 12.9. The molecule has 0 saturated carbocycles. The molecule has 0 fully saturated rings. The summed E-state index contributed by atoms with van der Waals surface area (Å²) < 4.78 is 0. The van der Waals surface area contributed by atoms with E-state index in [9.17, 15) is 53.4 Å². The number of thiol groups is 1. The summed E-state index contributed by atoms with van der Waals surface area (Å²) in [5.41, 5.74) is 0. The lowest BCUT2D eigenvalue weighted by molar-refractivity contribution is -0.143. The molecular formula is C26H42N6O12S2. The lowest BCUT2D eigenvalue weighted by Crippen LogP contribution is -2.57. The first-order valence-electron chi connectivity index (χ1n) is 14.0. The minimum atomic E-state index is -1.62. The van der Waals surface area contributed by atoms with E-state index in [1.54, 1.807) is 20.1 Å². The highest BCUT2D eigenvalue weighted by Crippen LogP contribution is 2.07. The van der Waals surface area contributed by atoms with Crippen LogP contribution in [0, 0.1) is 5.92 Å². The van der Waals surface area contributed by atoms with E-state index in [1.165, 1.54) is 11.8 Å². The van der Waals surface area contributed by atoms with Crippen molar-refractivity contribution in [3.05, 3.63) is 0 Å². The number of aliphatic carboxylic acids is 3. The number of carboxylic acids is 3. The van der Waals surface area contributed by atoms with Crippen LogP contribution in [-0.4, -0.2) is 124 Å². The summed E-state index contributed by atoms with van der Waals surface area (Å²) in [6.07, 6.45) is 0.506. The van der Waals surface area contributed by atoms with Crippen molar-refractivity contribution in [1.29, 1.82) is 0 Å². The lowest BCUT2D eigenvalue weighted by Gasteiger charge is -2.24. The van der Waals surface area contributed by atoms with Crippen molar-refractivity contribution in [2.24, 2.45) is 5.92 Å². The number of hydrogen-bond donors (Lipinski definition) is 10. The zero-order valence-corrected chi connectivity index (χ0v) is 27.3. The maximum Gasteiger partial charge on any atom is 0.326 e. The average molecular weight is 695 g/mol. The number of carbonyl (C=O) groups excluding carboxylic acids is 6. The molecule has 0 radical (unpaired) electrons. The van der Waals surface area contributed by atoms with E-state index in [4.69, 9.17) is 5.11 Å². The van der Waals surface area contributed by atoms with Gasteiger partial charge in [-0.1, -0.05) is 13.8 Å². The highest BCUT2D eigenvalue weighted by Gasteiger charge is 2.31. The first-order valence-corrected chi connectivity index (χ1v) is 16.0. The van der Waals surface area contributed by atoms with E-state index in [1.807, 2.05) is 0 Å². The Balaban J connectivity index is 5.47. The summed E-state index contributed by atoms with van der Waals surface area (Å²) in [5, 5.41) is 41.1. The molecule has 18 nitrogen and oxygen atoms in total. The predicted octanol–water partition coefficient (Wildman–Crippen LogP) is -2.69. The molecule has 0 aliphatic heterocycles. The van der Waals surface area contributed by atoms with Crippen LogP contribution in [-0.2, 0) is 43.2 Å². The summed E-state index contributed by atoms with van der Waals surface area (Å²) in [6.45, 7) is 2.68. The number of hydrogen-bond acceptors (Lipinski definition) is 11. The Morgan fingerprint density at radius 2 is 1.30 bits per heavy atom. The van der Waals surface area contributed by atoms with Crippen molar-refractivity contribution in [1.82, 2.24) is 31.9 Å². The number of carbonyl (C=O) groups is 9. The fourth-order valence-corrected chi connectivity index (χ4v) is 4.50. The molecule has 6 amide bonds. The fourth-order valence-electron chi connectivity index (χ4n) is 3.77. The Morgan fingerprint density at radius 3 is 1.80 bits per heavy atom. The highest BCUT2D eigenvalue weighted by molar-refractivity contribution is 7.98. The third kappa shape index (κ3) is 17.4. The molecule has 0 bridgehead atoms. The van der Waals surface area contributed by atoms with Crippen LogP contribution >= 0.6 is 24.4 Å². The van der Waals surface area contributed by atoms with E-state index in [0.717, 1.165) is 0 Å². The average Bonchev–Trinajstić information content (AvgIpc) is 2.97. The molecule has 0 aliphatic rings. The van der Waals surface area contributed by atoms with Gasteiger partial charge in [0.05, 0.1) is 13.0 Å². The Morgan fingerprint density at radius 1 is 0.739 bits per heavy atom. The van der Waals surface area contributed by atoms with Crippen LogP contribution in [0.25, 0.3) is 0 Å². The minimum absolute atomic E-state index is 0.0624. The second-order valence-corrected chi connectivity index (χ2v) is 11.7. The van der Waals surface area contributed by atoms with Crippen molar-refractivity contribution < 1.29 is 58.5 Å². The van der Waals surface area contributed by atoms with Crippen LogP contribution in [0.5, 0.6) is 0 Å². The molecule has 0 aromatic rings. The molecular weight excluding hydrogens is 652 g/mol. The van der Waals surface area contributed by atoms with Gasteiger partial charge < -0.3 is 47.2 Å². The number of thioether (sulfide) groups is 1. The van der Waals surface area contributed by atoms with Crippen molar-refractivity contribution in [3.8, 4) is 0 Å². The number of carboxylic acid groups (broad SMARTS) is 3. The van der Waals surface area contributed by atoms with Crippen LogP contribution in [0.2, 0.25) is 0 Å². The van der Waals surface area contributed by atoms with E-state index in [2.05, 4.69) is 44.5 Å². The summed E-state index contributed by atoms with van der Waals surface area (Å²) >= 11 is 5.39. The first kappa shape index (κ1) is 41.9. The van der Waals surface area contributed by atoms with Gasteiger partial charge in [-0.25, -0.2) is 4.79 Å². The largest absolute Gasteiger partial charge is 0.481 e. The third-order valence-corrected chi connectivity index (χ3v) is 7.08. The van der Waals surface area contributed by atoms with Crippen LogP contribution in [0.4, 0.5) is 0 Å². The normalized spacial score (nSPS) is 13.9. The van der Waals surface area contributed by atoms with E-state index in [-0.39, 0.29) is 30.9 Å². The van der Waals surface area contributed by atoms with Crippen molar-refractivity contribution in [2.45, 2.75) is 76.2 Å². The highest BCUT2D eigenvalue weighted by atomic mass is 32.2. The predicted molar refractivity (Wildman–Crippen MR) is 167 cm³/mol. The van der Waals surface area contributed by atoms with Crippen molar-refractivity contribution in [3.63, 3.8) is 0 Å². The van der Waals surface area contributed by atoms with Gasteiger partial charge >= 0.3 is 17.9 Å². The number of rotatable bonds is 24. The Labute approximate surface area is 274 Å². The van der Waals surface area contributed by atoms with Crippen LogP contribution < -0.4 is 31.9 Å². The van der Waals surface area contributed by atoms with Gasteiger partial charge in [0, 0.05) is 12.2 Å². The molecule has 0 spiro atoms. The van der Waals surface area contributed by atoms with E-state index >= 15 is 0 Å². The standard InChI is InChI=1S/C26H42N6O12S2/c1-13(2)8-17(26(43)44)32-24(41)15(4-5-20(35)36)30-25(42)18(11-45)29-19(34)10-27-22(39)16(9-21(37)38)31-23(40)14(28-12-33)6-7-46-3/h12-18,45H,4-11H2,1-3H3,(H,27,39)(H,28,33)(H,29,34)(H,30,42)(H,31,40)(H,32,41)(H,35,36)(H,37,38)(H,43,44). The summed E-state index contributed by atoms with van der Waals surface area (Å²) in [6, 6.07) is -6.85. The van der Waals surface area contributed by atoms with Gasteiger partial charge in [0.2, 0.25) is 35.9 Å². The van der Waals surface area contributed by atoms with Gasteiger partial charge in [0.1, 0.15) is 30.2 Å². The first-order chi connectivity index (χ1) is 21.6. The van der Waals surface area contributed by atoms with Crippen LogP contribution in [0.15, 0.2) is 0 Å². The molecule has 0 rings (SSSR count). The molecule has 9 N–H and O–H groups in total. The van der Waals surface area contributed by atoms with Crippen molar-refractivity contribution >= 4 is 78.2 Å². The van der Waals surface area contributed by atoms with Gasteiger partial charge in [0.25, 0.3) is 0 Å². The Hall–Kier alpha value is -4.07. The van der Waals surface area contributed by atoms with Crippen molar-refractivity contribution in [2.75, 3.05) is 24.3 Å². The second-order valence-electron chi connectivity index (χ2n) is 10.3. The van der Waals surface area contributed by atoms with Gasteiger partial charge in [0.15, 0.2) is 0 Å². The Bertz CT molecular complexity index is 1110. The topological polar surface area (TPSA) is 286 Å². The molecule has 0 aromatic heterocycles. The lowest BCUT2D eigenvalue weighted by atomic mass is 10.0. The molecule has 0 saturated heterocycles. The van der Waals surface area contributed by atoms with Gasteiger partial charge in [-0.2, -0.15) is 24.4 Å². The summed E-state index contributed by atoms with van der Waals surface area (Å²) in [5.74, 6) is -8.75. The zero-order chi connectivity index (χ0) is 35.4. The maximum atomic E-state index is 12.9. The van der Waals surface area contributed by atoms with E-state index < -0.39 is 103 Å². The minimum Gasteiger partial charge on any atom is -0.481 e. The monoisotopic (exact) mass is 694 g/mol. The quantitative estimate of drug-likeness (QED) is 0.0364. The SMILES string of the molecule is CSCCC(NC=O)C(=O)NC(CC(=O)O)C(=O)NCC(=O)NC(CS)C(=O)NC(CCC(=O)O)C(=O)NC(CC(C)C)C(=O)O. The molecule has 0 aliphatic carbocycles. The smallest absolute Gasteiger partial charge is 0.326 e. The number of amides is 6. The van der Waals surface area contributed by atoms with E-state index in [0.29, 0.717) is 5.75 Å². The van der Waals surface area contributed by atoms with Gasteiger partial charge in [-0.15, -0.1) is 0 Å². The number of nitrogens with one attached hydrogen (secondary N) is 6.